The predicted octanol–water partition coefficient (Wildman–Crippen LogP) is 3.11. The van der Waals surface area contributed by atoms with E-state index in [1.54, 1.807) is 10.9 Å². The molecular weight excluding hydrogens is 334 g/mol. The molecule has 5 heteroatoms. The Morgan fingerprint density at radius 2 is 1.67 bits per heavy atom. The van der Waals surface area contributed by atoms with Crippen LogP contribution in [0.25, 0.3) is 5.69 Å². The lowest BCUT2D eigenvalue weighted by Gasteiger charge is -2.36. The van der Waals surface area contributed by atoms with Crippen molar-refractivity contribution in [3.05, 3.63) is 78.1 Å². The van der Waals surface area contributed by atoms with Gasteiger partial charge in [-0.25, -0.2) is 4.68 Å². The van der Waals surface area contributed by atoms with Gasteiger partial charge in [-0.1, -0.05) is 36.4 Å². The fourth-order valence-electron chi connectivity index (χ4n) is 3.65. The van der Waals surface area contributed by atoms with Gasteiger partial charge in [0.2, 0.25) is 0 Å². The summed E-state index contributed by atoms with van der Waals surface area (Å²) in [7, 11) is 0. The van der Waals surface area contributed by atoms with E-state index in [0.29, 0.717) is 5.56 Å². The maximum Gasteiger partial charge on any atom is 0.104 e. The lowest BCUT2D eigenvalue weighted by molar-refractivity contribution is 0.261. The van der Waals surface area contributed by atoms with Gasteiger partial charge in [-0.3, -0.25) is 4.90 Å². The summed E-state index contributed by atoms with van der Waals surface area (Å²) in [6.45, 7) is 4.99. The third-order valence-corrected chi connectivity index (χ3v) is 5.16. The molecule has 0 spiro atoms. The van der Waals surface area contributed by atoms with Gasteiger partial charge >= 0.3 is 0 Å². The van der Waals surface area contributed by atoms with Gasteiger partial charge in [-0.15, -0.1) is 0 Å². The summed E-state index contributed by atoms with van der Waals surface area (Å²) in [5.41, 5.74) is 3.93. The molecule has 0 saturated carbocycles. The van der Waals surface area contributed by atoms with Crippen LogP contribution in [-0.4, -0.2) is 47.4 Å². The number of hydrogen-bond acceptors (Lipinski definition) is 4. The van der Waals surface area contributed by atoms with Gasteiger partial charge in [0.05, 0.1) is 11.4 Å². The summed E-state index contributed by atoms with van der Waals surface area (Å²) in [6.07, 6.45) is 4.69. The van der Waals surface area contributed by atoms with Crippen LogP contribution in [-0.2, 0) is 6.42 Å². The molecule has 0 N–H and O–H groups in total. The quantitative estimate of drug-likeness (QED) is 0.704. The Morgan fingerprint density at radius 1 is 0.889 bits per heavy atom. The molecule has 2 aromatic carbocycles. The summed E-state index contributed by atoms with van der Waals surface area (Å²) < 4.78 is 1.76. The number of rotatable bonds is 5. The molecule has 1 aliphatic heterocycles. The Labute approximate surface area is 160 Å². The summed E-state index contributed by atoms with van der Waals surface area (Å²) in [4.78, 5) is 4.83. The lowest BCUT2D eigenvalue weighted by atomic mass is 10.1. The molecule has 2 heterocycles. The smallest absolute Gasteiger partial charge is 0.104 e. The van der Waals surface area contributed by atoms with Crippen LogP contribution in [0, 0.1) is 11.3 Å². The van der Waals surface area contributed by atoms with E-state index < -0.39 is 0 Å². The molecule has 1 aromatic heterocycles. The highest BCUT2D eigenvalue weighted by Crippen LogP contribution is 2.26. The molecule has 0 unspecified atom stereocenters. The van der Waals surface area contributed by atoms with Crippen molar-refractivity contribution >= 4 is 5.69 Å². The number of aromatic nitrogens is 2. The Hall–Kier alpha value is -3.10. The first-order valence-corrected chi connectivity index (χ1v) is 9.39. The second-order valence-corrected chi connectivity index (χ2v) is 6.80. The average molecular weight is 357 g/mol. The molecule has 4 rings (SSSR count). The highest BCUT2D eigenvalue weighted by atomic mass is 15.3. The number of nitriles is 1. The van der Waals surface area contributed by atoms with E-state index >= 15 is 0 Å². The van der Waals surface area contributed by atoms with E-state index in [0.717, 1.165) is 50.5 Å². The number of piperazine rings is 1. The number of hydrogen-bond donors (Lipinski definition) is 0. The van der Waals surface area contributed by atoms with E-state index in [-0.39, 0.29) is 0 Å². The minimum Gasteiger partial charge on any atom is -0.368 e. The molecule has 0 radical (unpaired) electrons. The molecule has 3 aromatic rings. The fraction of sp³-hybridized carbons (Fsp3) is 0.273. The molecule has 5 nitrogen and oxygen atoms in total. The standard InChI is InChI=1S/C22H23N5/c23-18-20-21(8-4-9-22(20)27-12-5-11-24-27)26-16-14-25(15-17-26)13-10-19-6-2-1-3-7-19/h1-9,11-12H,10,13-17H2. The van der Waals surface area contributed by atoms with Gasteiger partial charge in [0.1, 0.15) is 11.6 Å². The molecule has 0 amide bonds. The predicted molar refractivity (Wildman–Crippen MR) is 107 cm³/mol. The molecule has 27 heavy (non-hydrogen) atoms. The van der Waals surface area contributed by atoms with E-state index in [1.165, 1.54) is 5.56 Å². The molecule has 0 bridgehead atoms. The zero-order valence-corrected chi connectivity index (χ0v) is 15.3. The third-order valence-electron chi connectivity index (χ3n) is 5.16. The van der Waals surface area contributed by atoms with Crippen molar-refractivity contribution in [2.45, 2.75) is 6.42 Å². The van der Waals surface area contributed by atoms with Crippen LogP contribution in [0.5, 0.6) is 0 Å². The van der Waals surface area contributed by atoms with E-state index in [1.807, 2.05) is 30.5 Å². The molecule has 136 valence electrons. The fourth-order valence-corrected chi connectivity index (χ4v) is 3.65. The van der Waals surface area contributed by atoms with Crippen molar-refractivity contribution in [3.63, 3.8) is 0 Å². The van der Waals surface area contributed by atoms with Crippen molar-refractivity contribution < 1.29 is 0 Å². The van der Waals surface area contributed by atoms with Crippen molar-refractivity contribution in [3.8, 4) is 11.8 Å². The molecule has 1 fully saturated rings. The summed E-state index contributed by atoms with van der Waals surface area (Å²) in [6, 6.07) is 20.9. The van der Waals surface area contributed by atoms with Gasteiger partial charge in [-0.2, -0.15) is 10.4 Å². The maximum atomic E-state index is 9.76. The Bertz CT molecular complexity index is 904. The van der Waals surface area contributed by atoms with E-state index in [9.17, 15) is 5.26 Å². The minimum atomic E-state index is 0.693. The lowest BCUT2D eigenvalue weighted by Crippen LogP contribution is -2.47. The van der Waals surface area contributed by atoms with Gasteiger partial charge in [0, 0.05) is 45.1 Å². The summed E-state index contributed by atoms with van der Waals surface area (Å²) in [5, 5.41) is 14.0. The van der Waals surface area contributed by atoms with Crippen molar-refractivity contribution in [1.29, 1.82) is 5.26 Å². The third kappa shape index (κ3) is 3.86. The number of nitrogens with zero attached hydrogens (tertiary/aromatic N) is 5. The maximum absolute atomic E-state index is 9.76. The van der Waals surface area contributed by atoms with Crippen LogP contribution in [0.15, 0.2) is 67.0 Å². The topological polar surface area (TPSA) is 48.1 Å². The first-order chi connectivity index (χ1) is 13.3. The van der Waals surface area contributed by atoms with Crippen LogP contribution >= 0.6 is 0 Å². The molecule has 1 saturated heterocycles. The average Bonchev–Trinajstić information content (AvgIpc) is 3.27. The minimum absolute atomic E-state index is 0.693. The Kier molecular flexibility index (Phi) is 5.17. The summed E-state index contributed by atoms with van der Waals surface area (Å²) >= 11 is 0. The molecule has 1 aliphatic rings. The largest absolute Gasteiger partial charge is 0.368 e. The van der Waals surface area contributed by atoms with Crippen LogP contribution in [0.1, 0.15) is 11.1 Å². The number of anilines is 1. The SMILES string of the molecule is N#Cc1c(N2CCN(CCc3ccccc3)CC2)cccc1-n1cccn1. The van der Waals surface area contributed by atoms with Crippen LogP contribution in [0.4, 0.5) is 5.69 Å². The van der Waals surface area contributed by atoms with Gasteiger partial charge < -0.3 is 4.90 Å². The number of benzene rings is 2. The van der Waals surface area contributed by atoms with Crippen molar-refractivity contribution in [2.24, 2.45) is 0 Å². The van der Waals surface area contributed by atoms with E-state index in [2.05, 4.69) is 51.3 Å². The van der Waals surface area contributed by atoms with Crippen LogP contribution in [0.3, 0.4) is 0 Å². The molecular formula is C22H23N5. The van der Waals surface area contributed by atoms with Crippen molar-refractivity contribution in [1.82, 2.24) is 14.7 Å². The zero-order valence-electron chi connectivity index (χ0n) is 15.3. The van der Waals surface area contributed by atoms with E-state index in [4.69, 9.17) is 0 Å². The second-order valence-electron chi connectivity index (χ2n) is 6.80. The van der Waals surface area contributed by atoms with Crippen LogP contribution < -0.4 is 4.90 Å². The first-order valence-electron chi connectivity index (χ1n) is 9.39. The monoisotopic (exact) mass is 357 g/mol. The highest BCUT2D eigenvalue weighted by Gasteiger charge is 2.21. The Morgan fingerprint density at radius 3 is 2.37 bits per heavy atom. The first kappa shape index (κ1) is 17.3. The van der Waals surface area contributed by atoms with Gasteiger partial charge in [-0.05, 0) is 30.2 Å². The Balaban J connectivity index is 1.43. The summed E-state index contributed by atoms with van der Waals surface area (Å²) in [5.74, 6) is 0. The van der Waals surface area contributed by atoms with Crippen LogP contribution in [0.2, 0.25) is 0 Å². The normalized spacial score (nSPS) is 14.9. The van der Waals surface area contributed by atoms with Gasteiger partial charge in [0.15, 0.2) is 0 Å². The molecule has 0 atom stereocenters. The highest BCUT2D eigenvalue weighted by molar-refractivity contribution is 5.67. The molecule has 0 aliphatic carbocycles. The second kappa shape index (κ2) is 8.07. The van der Waals surface area contributed by atoms with Crippen molar-refractivity contribution in [2.75, 3.05) is 37.6 Å². The zero-order chi connectivity index (χ0) is 18.5. The van der Waals surface area contributed by atoms with Gasteiger partial charge in [0.25, 0.3) is 0 Å².